The normalized spacial score (nSPS) is 10.1. The molecule has 1 heterocycles. The molecule has 0 aliphatic rings. The highest BCUT2D eigenvalue weighted by molar-refractivity contribution is 9.08. The summed E-state index contributed by atoms with van der Waals surface area (Å²) in [6.07, 6.45) is -1.52. The highest BCUT2D eigenvalue weighted by Gasteiger charge is 2.10. The number of nitrogens with zero attached hydrogens (tertiary/aromatic N) is 2. The summed E-state index contributed by atoms with van der Waals surface area (Å²) >= 11 is 3.10. The van der Waals surface area contributed by atoms with Crippen molar-refractivity contribution < 1.29 is 8.78 Å². The molecule has 0 fully saturated rings. The Hall–Kier alpha value is -1.02. The van der Waals surface area contributed by atoms with Crippen molar-refractivity contribution in [3.05, 3.63) is 29.1 Å². The third-order valence-corrected chi connectivity index (χ3v) is 2.09. The SMILES string of the molecule is N#Cc1ncc(C(F)F)cc1CBr. The summed E-state index contributed by atoms with van der Waals surface area (Å²) in [6.45, 7) is 0. The van der Waals surface area contributed by atoms with Gasteiger partial charge in [0.05, 0.1) is 0 Å². The van der Waals surface area contributed by atoms with Crippen LogP contribution in [0.4, 0.5) is 8.78 Å². The molecule has 5 heteroatoms. The molecule has 0 unspecified atom stereocenters. The quantitative estimate of drug-likeness (QED) is 0.753. The van der Waals surface area contributed by atoms with Crippen LogP contribution in [0.5, 0.6) is 0 Å². The predicted molar refractivity (Wildman–Crippen MR) is 46.5 cm³/mol. The van der Waals surface area contributed by atoms with E-state index in [1.54, 1.807) is 0 Å². The fourth-order valence-electron chi connectivity index (χ4n) is 0.851. The molecule has 68 valence electrons. The fourth-order valence-corrected chi connectivity index (χ4v) is 1.28. The number of aromatic nitrogens is 1. The zero-order chi connectivity index (χ0) is 9.84. The van der Waals surface area contributed by atoms with Crippen LogP contribution < -0.4 is 0 Å². The van der Waals surface area contributed by atoms with Crippen LogP contribution in [0.1, 0.15) is 23.2 Å². The second-order valence-electron chi connectivity index (χ2n) is 2.32. The van der Waals surface area contributed by atoms with Crippen molar-refractivity contribution >= 4 is 15.9 Å². The smallest absolute Gasteiger partial charge is 0.245 e. The van der Waals surface area contributed by atoms with Gasteiger partial charge in [0.25, 0.3) is 6.43 Å². The molecule has 0 N–H and O–H groups in total. The molecular weight excluding hydrogens is 242 g/mol. The minimum Gasteiger partial charge on any atom is -0.245 e. The average molecular weight is 247 g/mol. The van der Waals surface area contributed by atoms with Gasteiger partial charge >= 0.3 is 0 Å². The van der Waals surface area contributed by atoms with Crippen molar-refractivity contribution in [1.29, 1.82) is 5.26 Å². The molecule has 0 aromatic carbocycles. The fraction of sp³-hybridized carbons (Fsp3) is 0.250. The summed E-state index contributed by atoms with van der Waals surface area (Å²) in [4.78, 5) is 3.62. The van der Waals surface area contributed by atoms with Crippen molar-refractivity contribution in [3.63, 3.8) is 0 Å². The first-order chi connectivity index (χ1) is 6.19. The standard InChI is InChI=1S/C8H5BrF2N2/c9-2-5-1-6(8(10)11)4-13-7(5)3-12/h1,4,8H,2H2. The van der Waals surface area contributed by atoms with E-state index in [-0.39, 0.29) is 11.3 Å². The molecular formula is C8H5BrF2N2. The number of halogens is 3. The maximum absolute atomic E-state index is 12.2. The molecule has 2 nitrogen and oxygen atoms in total. The van der Waals surface area contributed by atoms with Crippen molar-refractivity contribution in [2.24, 2.45) is 0 Å². The van der Waals surface area contributed by atoms with Gasteiger partial charge < -0.3 is 0 Å². The van der Waals surface area contributed by atoms with Gasteiger partial charge in [-0.2, -0.15) is 5.26 Å². The molecule has 0 saturated heterocycles. The van der Waals surface area contributed by atoms with Crippen LogP contribution in [0.3, 0.4) is 0 Å². The Bertz CT molecular complexity index is 346. The third kappa shape index (κ3) is 2.22. The van der Waals surface area contributed by atoms with E-state index in [9.17, 15) is 8.78 Å². The molecule has 1 aromatic rings. The molecule has 0 radical (unpaired) electrons. The van der Waals surface area contributed by atoms with E-state index >= 15 is 0 Å². The Labute approximate surface area is 82.3 Å². The van der Waals surface area contributed by atoms with Gasteiger partial charge in [-0.1, -0.05) is 15.9 Å². The first-order valence-corrected chi connectivity index (χ1v) is 4.54. The maximum atomic E-state index is 12.2. The van der Waals surface area contributed by atoms with Gasteiger partial charge in [-0.25, -0.2) is 13.8 Å². The molecule has 1 rings (SSSR count). The van der Waals surface area contributed by atoms with E-state index in [1.165, 1.54) is 6.07 Å². The second kappa shape index (κ2) is 4.28. The molecule has 0 bridgehead atoms. The van der Waals surface area contributed by atoms with Gasteiger partial charge in [-0.05, 0) is 11.6 Å². The average Bonchev–Trinajstić information content (AvgIpc) is 2.16. The molecule has 0 aliphatic heterocycles. The van der Waals surface area contributed by atoms with Gasteiger partial charge in [-0.3, -0.25) is 0 Å². The number of nitriles is 1. The van der Waals surface area contributed by atoms with E-state index in [4.69, 9.17) is 5.26 Å². The monoisotopic (exact) mass is 246 g/mol. The Morgan fingerprint density at radius 3 is 2.77 bits per heavy atom. The van der Waals surface area contributed by atoms with Crippen molar-refractivity contribution in [3.8, 4) is 6.07 Å². The van der Waals surface area contributed by atoms with Crippen LogP contribution in [0, 0.1) is 11.3 Å². The third-order valence-electron chi connectivity index (χ3n) is 1.49. The first kappa shape index (κ1) is 10.1. The van der Waals surface area contributed by atoms with Crippen molar-refractivity contribution in [2.75, 3.05) is 0 Å². The Morgan fingerprint density at radius 2 is 2.31 bits per heavy atom. The van der Waals surface area contributed by atoms with Gasteiger partial charge in [-0.15, -0.1) is 0 Å². The molecule has 0 saturated carbocycles. The molecule has 1 aromatic heterocycles. The van der Waals surface area contributed by atoms with Gasteiger partial charge in [0, 0.05) is 17.1 Å². The summed E-state index contributed by atoms with van der Waals surface area (Å²) in [6, 6.07) is 3.11. The minimum atomic E-state index is -2.54. The van der Waals surface area contributed by atoms with E-state index in [2.05, 4.69) is 20.9 Å². The lowest BCUT2D eigenvalue weighted by Gasteiger charge is -2.02. The van der Waals surface area contributed by atoms with Gasteiger partial charge in [0.1, 0.15) is 11.8 Å². The van der Waals surface area contributed by atoms with Crippen LogP contribution >= 0.6 is 15.9 Å². The molecule has 0 aliphatic carbocycles. The Balaban J connectivity index is 3.15. The van der Waals surface area contributed by atoms with E-state index in [1.807, 2.05) is 6.07 Å². The lowest BCUT2D eigenvalue weighted by atomic mass is 10.2. The molecule has 0 spiro atoms. The summed E-state index contributed by atoms with van der Waals surface area (Å²) in [7, 11) is 0. The number of rotatable bonds is 2. The number of hydrogen-bond acceptors (Lipinski definition) is 2. The maximum Gasteiger partial charge on any atom is 0.265 e. The Kier molecular flexibility index (Phi) is 3.32. The minimum absolute atomic E-state index is 0.159. The highest BCUT2D eigenvalue weighted by Crippen LogP contribution is 2.21. The zero-order valence-electron chi connectivity index (χ0n) is 6.47. The summed E-state index contributed by atoms with van der Waals surface area (Å²) in [5.41, 5.74) is 0.509. The number of alkyl halides is 3. The lowest BCUT2D eigenvalue weighted by Crippen LogP contribution is -1.94. The van der Waals surface area contributed by atoms with Gasteiger partial charge in [0.15, 0.2) is 0 Å². The molecule has 0 atom stereocenters. The zero-order valence-corrected chi connectivity index (χ0v) is 8.05. The number of hydrogen-bond donors (Lipinski definition) is 0. The van der Waals surface area contributed by atoms with E-state index < -0.39 is 6.43 Å². The predicted octanol–water partition coefficient (Wildman–Crippen LogP) is 2.79. The van der Waals surface area contributed by atoms with Crippen LogP contribution in [-0.2, 0) is 5.33 Å². The van der Waals surface area contributed by atoms with Crippen LogP contribution in [-0.4, -0.2) is 4.98 Å². The lowest BCUT2D eigenvalue weighted by molar-refractivity contribution is 0.151. The van der Waals surface area contributed by atoms with Crippen LogP contribution in [0.25, 0.3) is 0 Å². The van der Waals surface area contributed by atoms with Gasteiger partial charge in [0.2, 0.25) is 0 Å². The van der Waals surface area contributed by atoms with Crippen molar-refractivity contribution in [1.82, 2.24) is 4.98 Å². The number of pyridine rings is 1. The second-order valence-corrected chi connectivity index (χ2v) is 2.88. The largest absolute Gasteiger partial charge is 0.265 e. The molecule has 0 amide bonds. The Morgan fingerprint density at radius 1 is 1.62 bits per heavy atom. The summed E-state index contributed by atoms with van der Waals surface area (Å²) < 4.78 is 24.4. The van der Waals surface area contributed by atoms with Crippen LogP contribution in [0.2, 0.25) is 0 Å². The highest BCUT2D eigenvalue weighted by atomic mass is 79.9. The van der Waals surface area contributed by atoms with Crippen molar-refractivity contribution in [2.45, 2.75) is 11.8 Å². The first-order valence-electron chi connectivity index (χ1n) is 3.42. The summed E-state index contributed by atoms with van der Waals surface area (Å²) in [5.74, 6) is 0. The van der Waals surface area contributed by atoms with E-state index in [0.717, 1.165) is 6.20 Å². The summed E-state index contributed by atoms with van der Waals surface area (Å²) in [5, 5.41) is 8.91. The van der Waals surface area contributed by atoms with Crippen LogP contribution in [0.15, 0.2) is 12.3 Å². The molecule has 13 heavy (non-hydrogen) atoms. The van der Waals surface area contributed by atoms with E-state index in [0.29, 0.717) is 10.9 Å². The topological polar surface area (TPSA) is 36.7 Å².